The highest BCUT2D eigenvalue weighted by Crippen LogP contribution is 2.32. The molecule has 0 saturated carbocycles. The van der Waals surface area contributed by atoms with Crippen LogP contribution in [-0.4, -0.2) is 45.7 Å². The van der Waals surface area contributed by atoms with E-state index in [1.165, 1.54) is 0 Å². The number of carbonyl (C=O) groups excluding carboxylic acids is 1. The number of hydrogen-bond donors (Lipinski definition) is 3. The van der Waals surface area contributed by atoms with E-state index >= 15 is 0 Å². The molecule has 176 valence electrons. The van der Waals surface area contributed by atoms with Crippen molar-refractivity contribution >= 4 is 35.8 Å². The first-order valence-electron chi connectivity index (χ1n) is 9.93. The maximum atomic E-state index is 12.9. The lowest BCUT2D eigenvalue weighted by molar-refractivity contribution is -0.0520. The molecule has 0 unspecified atom stereocenters. The van der Waals surface area contributed by atoms with Gasteiger partial charge in [0.1, 0.15) is 0 Å². The lowest BCUT2D eigenvalue weighted by atomic mass is 10.1. The number of rotatable bonds is 10. The highest BCUT2D eigenvalue weighted by molar-refractivity contribution is 14.0. The minimum absolute atomic E-state index is 0. The summed E-state index contributed by atoms with van der Waals surface area (Å²) in [6.45, 7) is -0.0673. The summed E-state index contributed by atoms with van der Waals surface area (Å²) in [7, 11) is 3.21. The van der Waals surface area contributed by atoms with E-state index in [1.54, 1.807) is 45.3 Å². The summed E-state index contributed by atoms with van der Waals surface area (Å²) in [5.74, 6) is 0.644. The minimum atomic E-state index is -2.96. The second-order valence-corrected chi connectivity index (χ2v) is 6.44. The molecule has 0 atom stereocenters. The van der Waals surface area contributed by atoms with Gasteiger partial charge in [0.15, 0.2) is 17.5 Å². The Morgan fingerprint density at radius 3 is 2.56 bits per heavy atom. The summed E-state index contributed by atoms with van der Waals surface area (Å²) >= 11 is 0. The van der Waals surface area contributed by atoms with Crippen LogP contribution in [0.5, 0.6) is 11.5 Å². The van der Waals surface area contributed by atoms with E-state index in [0.717, 1.165) is 5.56 Å². The predicted molar refractivity (Wildman–Crippen MR) is 131 cm³/mol. The van der Waals surface area contributed by atoms with Gasteiger partial charge in [-0.15, -0.1) is 24.0 Å². The Morgan fingerprint density at radius 1 is 1.16 bits per heavy atom. The SMILES string of the molecule is CCOc1cccc(CNC(=NC)NCCc2cccc(C(=O)NC)c2)c1OC(F)F.I. The third-order valence-electron chi connectivity index (χ3n) is 4.36. The van der Waals surface area contributed by atoms with Gasteiger partial charge in [0, 0.05) is 38.3 Å². The fourth-order valence-corrected chi connectivity index (χ4v) is 2.93. The smallest absolute Gasteiger partial charge is 0.387 e. The quantitative estimate of drug-likeness (QED) is 0.235. The Hall–Kier alpha value is -2.63. The minimum Gasteiger partial charge on any atom is -0.490 e. The van der Waals surface area contributed by atoms with Crippen molar-refractivity contribution in [3.05, 3.63) is 59.2 Å². The number of nitrogens with one attached hydrogen (secondary N) is 3. The number of hydrogen-bond acceptors (Lipinski definition) is 4. The van der Waals surface area contributed by atoms with E-state index in [2.05, 4.69) is 25.7 Å². The van der Waals surface area contributed by atoms with Crippen molar-refractivity contribution in [1.29, 1.82) is 0 Å². The molecule has 0 spiro atoms. The monoisotopic (exact) mass is 562 g/mol. The highest BCUT2D eigenvalue weighted by Gasteiger charge is 2.16. The molecule has 0 fully saturated rings. The molecule has 0 saturated heterocycles. The summed E-state index contributed by atoms with van der Waals surface area (Å²) in [5.41, 5.74) is 2.12. The zero-order chi connectivity index (χ0) is 22.6. The van der Waals surface area contributed by atoms with Gasteiger partial charge in [-0.25, -0.2) is 0 Å². The van der Waals surface area contributed by atoms with Crippen LogP contribution in [0, 0.1) is 0 Å². The molecule has 0 aromatic heterocycles. The van der Waals surface area contributed by atoms with E-state index in [1.807, 2.05) is 18.2 Å². The first-order valence-corrected chi connectivity index (χ1v) is 9.93. The number of para-hydroxylation sites is 1. The van der Waals surface area contributed by atoms with Crippen LogP contribution in [0.4, 0.5) is 8.78 Å². The molecule has 0 aliphatic carbocycles. The second-order valence-electron chi connectivity index (χ2n) is 6.44. The van der Waals surface area contributed by atoms with E-state index in [0.29, 0.717) is 36.7 Å². The Balaban J connectivity index is 0.00000512. The third kappa shape index (κ3) is 8.48. The molecular weight excluding hydrogens is 533 g/mol. The summed E-state index contributed by atoms with van der Waals surface area (Å²) in [6, 6.07) is 12.4. The summed E-state index contributed by atoms with van der Waals surface area (Å²) in [6.07, 6.45) is 0.672. The second kappa shape index (κ2) is 14.4. The van der Waals surface area contributed by atoms with Gasteiger partial charge < -0.3 is 25.4 Å². The molecular formula is C22H29F2IN4O3. The molecule has 7 nitrogen and oxygen atoms in total. The van der Waals surface area contributed by atoms with Gasteiger partial charge in [-0.1, -0.05) is 24.3 Å². The van der Waals surface area contributed by atoms with Crippen molar-refractivity contribution in [1.82, 2.24) is 16.0 Å². The number of benzene rings is 2. The molecule has 0 bridgehead atoms. The van der Waals surface area contributed by atoms with Gasteiger partial charge in [-0.05, 0) is 37.1 Å². The number of alkyl halides is 2. The van der Waals surface area contributed by atoms with E-state index < -0.39 is 6.61 Å². The summed E-state index contributed by atoms with van der Waals surface area (Å²) in [4.78, 5) is 15.9. The van der Waals surface area contributed by atoms with E-state index in [4.69, 9.17) is 4.74 Å². The molecule has 0 aliphatic rings. The number of ether oxygens (including phenoxy) is 2. The molecule has 10 heteroatoms. The third-order valence-corrected chi connectivity index (χ3v) is 4.36. The summed E-state index contributed by atoms with van der Waals surface area (Å²) in [5, 5.41) is 8.86. The number of amides is 1. The van der Waals surface area contributed by atoms with Gasteiger partial charge in [-0.3, -0.25) is 9.79 Å². The predicted octanol–water partition coefficient (Wildman–Crippen LogP) is 3.57. The number of halogens is 3. The average molecular weight is 562 g/mol. The molecule has 0 aliphatic heterocycles. The van der Waals surface area contributed by atoms with Gasteiger partial charge in [0.25, 0.3) is 5.91 Å². The van der Waals surface area contributed by atoms with Crippen LogP contribution in [-0.2, 0) is 13.0 Å². The van der Waals surface area contributed by atoms with Crippen LogP contribution in [0.2, 0.25) is 0 Å². The number of guanidine groups is 1. The first kappa shape index (κ1) is 27.4. The van der Waals surface area contributed by atoms with Crippen molar-refractivity contribution in [3.8, 4) is 11.5 Å². The summed E-state index contributed by atoms with van der Waals surface area (Å²) < 4.78 is 35.8. The highest BCUT2D eigenvalue weighted by atomic mass is 127. The fourth-order valence-electron chi connectivity index (χ4n) is 2.93. The van der Waals surface area contributed by atoms with Gasteiger partial charge >= 0.3 is 6.61 Å². The van der Waals surface area contributed by atoms with Crippen LogP contribution in [0.15, 0.2) is 47.5 Å². The number of aliphatic imine (C=N–C) groups is 1. The lowest BCUT2D eigenvalue weighted by Crippen LogP contribution is -2.38. The van der Waals surface area contributed by atoms with Crippen molar-refractivity contribution in [3.63, 3.8) is 0 Å². The molecule has 0 heterocycles. The topological polar surface area (TPSA) is 84.0 Å². The van der Waals surface area contributed by atoms with Crippen LogP contribution < -0.4 is 25.4 Å². The Labute approximate surface area is 204 Å². The molecule has 2 aromatic rings. The van der Waals surface area contributed by atoms with Crippen LogP contribution in [0.25, 0.3) is 0 Å². The maximum Gasteiger partial charge on any atom is 0.387 e. The average Bonchev–Trinajstić information content (AvgIpc) is 2.77. The van der Waals surface area contributed by atoms with Crippen LogP contribution in [0.3, 0.4) is 0 Å². The lowest BCUT2D eigenvalue weighted by Gasteiger charge is -2.17. The van der Waals surface area contributed by atoms with Crippen LogP contribution in [0.1, 0.15) is 28.4 Å². The zero-order valence-electron chi connectivity index (χ0n) is 18.3. The van der Waals surface area contributed by atoms with Crippen molar-refractivity contribution in [2.24, 2.45) is 4.99 Å². The van der Waals surface area contributed by atoms with Crippen molar-refractivity contribution in [2.75, 3.05) is 27.2 Å². The van der Waals surface area contributed by atoms with E-state index in [9.17, 15) is 13.6 Å². The Morgan fingerprint density at radius 2 is 1.91 bits per heavy atom. The molecule has 2 rings (SSSR count). The molecule has 1 amide bonds. The standard InChI is InChI=1S/C22H28F2N4O3.HI/c1-4-30-18-10-6-9-17(19(18)31-21(23)24)14-28-22(26-3)27-12-11-15-7-5-8-16(13-15)20(29)25-2;/h5-10,13,21H,4,11-12,14H2,1-3H3,(H,25,29)(H2,26,27,28);1H. The molecule has 2 aromatic carbocycles. The molecule has 0 radical (unpaired) electrons. The van der Waals surface area contributed by atoms with Gasteiger partial charge in [-0.2, -0.15) is 8.78 Å². The molecule has 32 heavy (non-hydrogen) atoms. The maximum absolute atomic E-state index is 12.9. The zero-order valence-corrected chi connectivity index (χ0v) is 20.6. The molecule has 3 N–H and O–H groups in total. The van der Waals surface area contributed by atoms with Crippen molar-refractivity contribution in [2.45, 2.75) is 26.5 Å². The van der Waals surface area contributed by atoms with Crippen LogP contribution >= 0.6 is 24.0 Å². The van der Waals surface area contributed by atoms with Crippen molar-refractivity contribution < 1.29 is 23.0 Å². The Kier molecular flexibility index (Phi) is 12.4. The fraction of sp³-hybridized carbons (Fsp3) is 0.364. The number of carbonyl (C=O) groups is 1. The normalized spacial score (nSPS) is 10.9. The van der Waals surface area contributed by atoms with Gasteiger partial charge in [0.2, 0.25) is 0 Å². The van der Waals surface area contributed by atoms with E-state index in [-0.39, 0.29) is 47.9 Å². The van der Waals surface area contributed by atoms with Gasteiger partial charge in [0.05, 0.1) is 6.61 Å². The largest absolute Gasteiger partial charge is 0.490 e. The Bertz CT molecular complexity index is 897. The number of nitrogens with zero attached hydrogens (tertiary/aromatic N) is 1. The first-order chi connectivity index (χ1) is 15.0.